The summed E-state index contributed by atoms with van der Waals surface area (Å²) in [6, 6.07) is 1.01. The van der Waals surface area contributed by atoms with Crippen molar-refractivity contribution in [3.8, 4) is 0 Å². The van der Waals surface area contributed by atoms with Crippen LogP contribution in [0.25, 0.3) is 0 Å². The predicted octanol–water partition coefficient (Wildman–Crippen LogP) is 2.25. The molecule has 1 fully saturated rings. The van der Waals surface area contributed by atoms with E-state index in [4.69, 9.17) is 24.4 Å². The van der Waals surface area contributed by atoms with Crippen molar-refractivity contribution in [1.29, 1.82) is 0 Å². The van der Waals surface area contributed by atoms with Gasteiger partial charge in [-0.25, -0.2) is 0 Å². The van der Waals surface area contributed by atoms with Gasteiger partial charge >= 0.3 is 0 Å². The van der Waals surface area contributed by atoms with Gasteiger partial charge in [-0.2, -0.15) is 0 Å². The molecule has 1 saturated carbocycles. The van der Waals surface area contributed by atoms with E-state index in [1.54, 1.807) is 0 Å². The molecule has 6 heteroatoms. The Kier molecular flexibility index (Phi) is 5.66. The fourth-order valence-electron chi connectivity index (χ4n) is 1.94. The number of hydrogen-bond acceptors (Lipinski definition) is 2. The summed E-state index contributed by atoms with van der Waals surface area (Å²) in [5, 5.41) is 3.20. The van der Waals surface area contributed by atoms with E-state index in [-0.39, 0.29) is 0 Å². The molecule has 0 atom stereocenters. The average molecular weight is 281 g/mol. The Morgan fingerprint density at radius 2 is 1.73 bits per heavy atom. The molecule has 86 valence electrons. The Morgan fingerprint density at radius 1 is 1.20 bits per heavy atom. The molecule has 0 aliphatic heterocycles. The summed E-state index contributed by atoms with van der Waals surface area (Å²) in [6.07, 6.45) is 4.49. The third-order valence-electron chi connectivity index (χ3n) is 2.87. The summed E-state index contributed by atoms with van der Waals surface area (Å²) < 4.78 is 1.27. The SMILES string of the molecule is CN(C(=S)S)C1CCC(NC(=S)S)CC1. The fourth-order valence-corrected chi connectivity index (χ4v) is 2.60. The maximum absolute atomic E-state index is 5.04. The Labute approximate surface area is 113 Å². The van der Waals surface area contributed by atoms with Gasteiger partial charge in [0.1, 0.15) is 8.64 Å². The Morgan fingerprint density at radius 3 is 2.13 bits per heavy atom. The molecule has 0 amide bonds. The molecule has 0 bridgehead atoms. The normalized spacial score (nSPS) is 25.8. The third-order valence-corrected chi connectivity index (χ3v) is 3.72. The molecule has 2 nitrogen and oxygen atoms in total. The summed E-state index contributed by atoms with van der Waals surface area (Å²) >= 11 is 18.2. The molecular weight excluding hydrogens is 264 g/mol. The molecule has 1 N–H and O–H groups in total. The molecule has 0 aromatic rings. The van der Waals surface area contributed by atoms with E-state index in [9.17, 15) is 0 Å². The molecule has 1 aliphatic rings. The molecule has 15 heavy (non-hydrogen) atoms. The zero-order valence-electron chi connectivity index (χ0n) is 8.64. The highest BCUT2D eigenvalue weighted by molar-refractivity contribution is 8.11. The van der Waals surface area contributed by atoms with Gasteiger partial charge in [-0.15, -0.1) is 25.3 Å². The number of thiol groups is 2. The van der Waals surface area contributed by atoms with Crippen molar-refractivity contribution < 1.29 is 0 Å². The van der Waals surface area contributed by atoms with Crippen molar-refractivity contribution in [3.05, 3.63) is 0 Å². The first kappa shape index (κ1) is 13.5. The second-order valence-electron chi connectivity index (χ2n) is 3.85. The number of hydrogen-bond donors (Lipinski definition) is 3. The highest BCUT2D eigenvalue weighted by atomic mass is 32.1. The first-order valence-corrected chi connectivity index (χ1v) is 6.67. The van der Waals surface area contributed by atoms with Gasteiger partial charge in [0.15, 0.2) is 0 Å². The van der Waals surface area contributed by atoms with E-state index >= 15 is 0 Å². The maximum Gasteiger partial charge on any atom is 0.133 e. The van der Waals surface area contributed by atoms with Gasteiger partial charge in [0.25, 0.3) is 0 Å². The fraction of sp³-hybridized carbons (Fsp3) is 0.778. The van der Waals surface area contributed by atoms with E-state index in [2.05, 4.69) is 35.5 Å². The topological polar surface area (TPSA) is 15.3 Å². The minimum atomic E-state index is 0.480. The first-order chi connectivity index (χ1) is 7.00. The number of nitrogens with one attached hydrogen (secondary N) is 1. The van der Waals surface area contributed by atoms with Crippen LogP contribution in [0.2, 0.25) is 0 Å². The molecule has 1 aliphatic carbocycles. The maximum atomic E-state index is 5.04. The third kappa shape index (κ3) is 4.46. The average Bonchev–Trinajstić information content (AvgIpc) is 2.17. The lowest BCUT2D eigenvalue weighted by Crippen LogP contribution is -2.42. The molecule has 0 unspecified atom stereocenters. The van der Waals surface area contributed by atoms with Crippen LogP contribution in [0.3, 0.4) is 0 Å². The van der Waals surface area contributed by atoms with Crippen molar-refractivity contribution in [2.24, 2.45) is 0 Å². The van der Waals surface area contributed by atoms with Crippen LogP contribution in [-0.2, 0) is 0 Å². The first-order valence-electron chi connectivity index (χ1n) is 4.96. The zero-order valence-corrected chi connectivity index (χ0v) is 12.1. The lowest BCUT2D eigenvalue weighted by Gasteiger charge is -2.35. The Hall–Kier alpha value is 0.480. The van der Waals surface area contributed by atoms with Crippen molar-refractivity contribution >= 4 is 58.3 Å². The summed E-state index contributed by atoms with van der Waals surface area (Å²) in [4.78, 5) is 2.08. The standard InChI is InChI=1S/C9H16N2S4/c1-11(9(14)15)7-4-2-6(3-5-7)10-8(12)13/h6-7H,2-5H2,1H3,(H,14,15)(H2,10,12,13). The van der Waals surface area contributed by atoms with Crippen LogP contribution < -0.4 is 5.32 Å². The quantitative estimate of drug-likeness (QED) is 0.531. The Balaban J connectivity index is 2.35. The second-order valence-corrected chi connectivity index (χ2v) is 6.12. The minimum absolute atomic E-state index is 0.480. The summed E-state index contributed by atoms with van der Waals surface area (Å²) in [5.41, 5.74) is 0. The van der Waals surface area contributed by atoms with Crippen molar-refractivity contribution in [2.75, 3.05) is 7.05 Å². The zero-order chi connectivity index (χ0) is 11.4. The second kappa shape index (κ2) is 6.27. The predicted molar refractivity (Wildman–Crippen MR) is 80.1 cm³/mol. The van der Waals surface area contributed by atoms with Gasteiger partial charge in [0.05, 0.1) is 0 Å². The van der Waals surface area contributed by atoms with E-state index < -0.39 is 0 Å². The summed E-state index contributed by atoms with van der Waals surface area (Å²) in [6.45, 7) is 0. The largest absolute Gasteiger partial charge is 0.368 e. The van der Waals surface area contributed by atoms with E-state index in [0.29, 0.717) is 20.7 Å². The van der Waals surface area contributed by atoms with Gasteiger partial charge in [0.2, 0.25) is 0 Å². The van der Waals surface area contributed by atoms with Gasteiger partial charge in [-0.05, 0) is 25.7 Å². The molecule has 0 spiro atoms. The Bertz CT molecular complexity index is 248. The van der Waals surface area contributed by atoms with Gasteiger partial charge < -0.3 is 10.2 Å². The minimum Gasteiger partial charge on any atom is -0.368 e. The van der Waals surface area contributed by atoms with Crippen molar-refractivity contribution in [1.82, 2.24) is 10.2 Å². The molecule has 0 aromatic heterocycles. The van der Waals surface area contributed by atoms with E-state index in [1.807, 2.05) is 7.05 Å². The van der Waals surface area contributed by atoms with Crippen LogP contribution in [0.4, 0.5) is 0 Å². The summed E-state index contributed by atoms with van der Waals surface area (Å²) in [5.74, 6) is 0. The van der Waals surface area contributed by atoms with Crippen LogP contribution in [0, 0.1) is 0 Å². The van der Waals surface area contributed by atoms with Crippen LogP contribution in [0.15, 0.2) is 0 Å². The van der Waals surface area contributed by atoms with Gasteiger partial charge in [0, 0.05) is 19.1 Å². The molecule has 0 aromatic carbocycles. The number of nitrogens with zero attached hydrogens (tertiary/aromatic N) is 1. The highest BCUT2D eigenvalue weighted by Crippen LogP contribution is 2.23. The monoisotopic (exact) mass is 280 g/mol. The van der Waals surface area contributed by atoms with Gasteiger partial charge in [-0.1, -0.05) is 24.4 Å². The number of rotatable bonds is 2. The number of thiocarbonyl (C=S) groups is 2. The lowest BCUT2D eigenvalue weighted by molar-refractivity contribution is 0.260. The molecule has 0 heterocycles. The lowest BCUT2D eigenvalue weighted by atomic mass is 9.91. The molecule has 0 radical (unpaired) electrons. The van der Waals surface area contributed by atoms with E-state index in [0.717, 1.165) is 25.7 Å². The van der Waals surface area contributed by atoms with E-state index in [1.165, 1.54) is 0 Å². The van der Waals surface area contributed by atoms with Crippen LogP contribution in [-0.4, -0.2) is 32.7 Å². The molecular formula is C9H16N2S4. The summed E-state index contributed by atoms with van der Waals surface area (Å²) in [7, 11) is 2.01. The van der Waals surface area contributed by atoms with Crippen molar-refractivity contribution in [2.45, 2.75) is 37.8 Å². The van der Waals surface area contributed by atoms with Crippen LogP contribution >= 0.6 is 49.7 Å². The van der Waals surface area contributed by atoms with Crippen LogP contribution in [0.5, 0.6) is 0 Å². The van der Waals surface area contributed by atoms with Crippen LogP contribution in [0.1, 0.15) is 25.7 Å². The van der Waals surface area contributed by atoms with Gasteiger partial charge in [-0.3, -0.25) is 0 Å². The molecule has 1 rings (SSSR count). The smallest absolute Gasteiger partial charge is 0.133 e. The highest BCUT2D eigenvalue weighted by Gasteiger charge is 2.24. The molecule has 0 saturated heterocycles. The van der Waals surface area contributed by atoms with Crippen molar-refractivity contribution in [3.63, 3.8) is 0 Å².